The molecule has 0 atom stereocenters. The lowest BCUT2D eigenvalue weighted by atomic mass is 10.1. The van der Waals surface area contributed by atoms with Crippen molar-refractivity contribution in [3.8, 4) is 5.75 Å². The highest BCUT2D eigenvalue weighted by molar-refractivity contribution is 5.50. The molecule has 0 aliphatic rings. The highest BCUT2D eigenvalue weighted by Crippen LogP contribution is 2.14. The van der Waals surface area contributed by atoms with Gasteiger partial charge in [0.15, 0.2) is 0 Å². The van der Waals surface area contributed by atoms with Crippen LogP contribution in [0.25, 0.3) is 6.08 Å². The second kappa shape index (κ2) is 6.28. The molecule has 0 aliphatic carbocycles. The predicted octanol–water partition coefficient (Wildman–Crippen LogP) is 4.14. The van der Waals surface area contributed by atoms with Crippen molar-refractivity contribution in [3.05, 3.63) is 35.9 Å². The summed E-state index contributed by atoms with van der Waals surface area (Å²) in [6.45, 7) is 7.26. The third kappa shape index (κ3) is 4.68. The van der Waals surface area contributed by atoms with E-state index >= 15 is 0 Å². The number of hydrogen-bond acceptors (Lipinski definition) is 1. The summed E-state index contributed by atoms with van der Waals surface area (Å²) in [4.78, 5) is 0. The second-order valence-corrected chi connectivity index (χ2v) is 4.02. The number of rotatable bonds is 5. The molecule has 0 N–H and O–H groups in total. The van der Waals surface area contributed by atoms with Crippen molar-refractivity contribution in [2.24, 2.45) is 5.92 Å². The lowest BCUT2D eigenvalue weighted by molar-refractivity contribution is 0.317. The van der Waals surface area contributed by atoms with Crippen molar-refractivity contribution in [2.45, 2.75) is 27.2 Å². The molecule has 0 aromatic heterocycles. The van der Waals surface area contributed by atoms with Gasteiger partial charge in [-0.3, -0.25) is 0 Å². The van der Waals surface area contributed by atoms with Gasteiger partial charge in [0.1, 0.15) is 5.75 Å². The first kappa shape index (κ1) is 11.8. The summed E-state index contributed by atoms with van der Waals surface area (Å²) in [5, 5.41) is 0. The van der Waals surface area contributed by atoms with Crippen LogP contribution in [-0.2, 0) is 0 Å². The largest absolute Gasteiger partial charge is 0.494 e. The monoisotopic (exact) mass is 204 g/mol. The average Bonchev–Trinajstić information content (AvgIpc) is 2.25. The van der Waals surface area contributed by atoms with Crippen LogP contribution < -0.4 is 4.74 Å². The molecule has 0 bridgehead atoms. The van der Waals surface area contributed by atoms with Gasteiger partial charge in [-0.1, -0.05) is 45.1 Å². The zero-order valence-corrected chi connectivity index (χ0v) is 9.86. The molecule has 0 spiro atoms. The zero-order valence-electron chi connectivity index (χ0n) is 9.86. The zero-order chi connectivity index (χ0) is 11.1. The summed E-state index contributed by atoms with van der Waals surface area (Å²) in [5.41, 5.74) is 1.23. The lowest BCUT2D eigenvalue weighted by Gasteiger charge is -2.04. The maximum atomic E-state index is 5.51. The highest BCUT2D eigenvalue weighted by atomic mass is 16.5. The van der Waals surface area contributed by atoms with Gasteiger partial charge in [0, 0.05) is 0 Å². The minimum Gasteiger partial charge on any atom is -0.494 e. The summed E-state index contributed by atoms with van der Waals surface area (Å²) >= 11 is 0. The van der Waals surface area contributed by atoms with E-state index in [1.54, 1.807) is 0 Å². The van der Waals surface area contributed by atoms with Crippen LogP contribution in [0.15, 0.2) is 30.3 Å². The standard InChI is InChI=1S/C14H20O/c1-4-11-15-14-9-7-13(8-10-14)6-5-12(2)3/h5-10,12H,4,11H2,1-3H3/b6-5+. The van der Waals surface area contributed by atoms with Gasteiger partial charge < -0.3 is 4.74 Å². The fraction of sp³-hybridized carbons (Fsp3) is 0.429. The van der Waals surface area contributed by atoms with Crippen molar-refractivity contribution < 1.29 is 4.74 Å². The van der Waals surface area contributed by atoms with E-state index in [9.17, 15) is 0 Å². The second-order valence-electron chi connectivity index (χ2n) is 4.02. The molecule has 1 nitrogen and oxygen atoms in total. The predicted molar refractivity (Wildman–Crippen MR) is 66.1 cm³/mol. The first-order valence-corrected chi connectivity index (χ1v) is 5.63. The maximum absolute atomic E-state index is 5.51. The first-order valence-electron chi connectivity index (χ1n) is 5.63. The van der Waals surface area contributed by atoms with Crippen LogP contribution >= 0.6 is 0 Å². The van der Waals surface area contributed by atoms with Gasteiger partial charge >= 0.3 is 0 Å². The van der Waals surface area contributed by atoms with Gasteiger partial charge in [-0.05, 0) is 30.0 Å². The molecule has 15 heavy (non-hydrogen) atoms. The van der Waals surface area contributed by atoms with Gasteiger partial charge in [0.25, 0.3) is 0 Å². The molecule has 0 fully saturated rings. The van der Waals surface area contributed by atoms with E-state index in [4.69, 9.17) is 4.74 Å². The molecular formula is C14H20O. The van der Waals surface area contributed by atoms with Gasteiger partial charge in [-0.15, -0.1) is 0 Å². The minimum absolute atomic E-state index is 0.598. The first-order chi connectivity index (χ1) is 7.22. The Hall–Kier alpha value is -1.24. The SMILES string of the molecule is CCCOc1ccc(/C=C/C(C)C)cc1. The molecule has 0 unspecified atom stereocenters. The average molecular weight is 204 g/mol. The smallest absolute Gasteiger partial charge is 0.119 e. The van der Waals surface area contributed by atoms with Crippen molar-refractivity contribution in [2.75, 3.05) is 6.61 Å². The summed E-state index contributed by atoms with van der Waals surface area (Å²) in [7, 11) is 0. The van der Waals surface area contributed by atoms with Gasteiger partial charge in [-0.2, -0.15) is 0 Å². The Labute approximate surface area is 92.8 Å². The molecule has 0 radical (unpaired) electrons. The number of allylic oxidation sites excluding steroid dienone is 1. The normalized spacial score (nSPS) is 11.2. The summed E-state index contributed by atoms with van der Waals surface area (Å²) in [6.07, 6.45) is 5.39. The molecule has 82 valence electrons. The molecule has 1 aromatic rings. The Morgan fingerprint density at radius 2 is 1.87 bits per heavy atom. The molecule has 0 saturated carbocycles. The quantitative estimate of drug-likeness (QED) is 0.700. The Bertz CT molecular complexity index is 296. The number of hydrogen-bond donors (Lipinski definition) is 0. The summed E-state index contributed by atoms with van der Waals surface area (Å²) in [5.74, 6) is 1.56. The van der Waals surface area contributed by atoms with Gasteiger partial charge in [0.05, 0.1) is 6.61 Å². The Morgan fingerprint density at radius 1 is 1.20 bits per heavy atom. The third-order valence-corrected chi connectivity index (χ3v) is 2.03. The van der Waals surface area contributed by atoms with Crippen LogP contribution in [0.3, 0.4) is 0 Å². The molecular weight excluding hydrogens is 184 g/mol. The van der Waals surface area contributed by atoms with E-state index in [1.165, 1.54) is 5.56 Å². The number of benzene rings is 1. The van der Waals surface area contributed by atoms with E-state index in [0.29, 0.717) is 5.92 Å². The fourth-order valence-corrected chi connectivity index (χ4v) is 1.20. The molecule has 1 heteroatoms. The molecule has 1 rings (SSSR count). The Kier molecular flexibility index (Phi) is 4.96. The summed E-state index contributed by atoms with van der Waals surface area (Å²) < 4.78 is 5.51. The molecule has 0 heterocycles. The maximum Gasteiger partial charge on any atom is 0.119 e. The van der Waals surface area contributed by atoms with Crippen LogP contribution in [0.5, 0.6) is 5.75 Å². The van der Waals surface area contributed by atoms with E-state index in [-0.39, 0.29) is 0 Å². The van der Waals surface area contributed by atoms with E-state index in [1.807, 2.05) is 12.1 Å². The minimum atomic E-state index is 0.598. The third-order valence-electron chi connectivity index (χ3n) is 2.03. The Balaban J connectivity index is 2.56. The van der Waals surface area contributed by atoms with Crippen molar-refractivity contribution >= 4 is 6.08 Å². The fourth-order valence-electron chi connectivity index (χ4n) is 1.20. The lowest BCUT2D eigenvalue weighted by Crippen LogP contribution is -1.94. The molecule has 1 aromatic carbocycles. The summed E-state index contributed by atoms with van der Waals surface area (Å²) in [6, 6.07) is 8.22. The Morgan fingerprint density at radius 3 is 2.40 bits per heavy atom. The van der Waals surface area contributed by atoms with Crippen LogP contribution in [0, 0.1) is 5.92 Å². The van der Waals surface area contributed by atoms with E-state index in [0.717, 1.165) is 18.8 Å². The van der Waals surface area contributed by atoms with Crippen molar-refractivity contribution in [1.82, 2.24) is 0 Å². The molecule has 0 saturated heterocycles. The number of ether oxygens (including phenoxy) is 1. The van der Waals surface area contributed by atoms with E-state index < -0.39 is 0 Å². The topological polar surface area (TPSA) is 9.23 Å². The van der Waals surface area contributed by atoms with Gasteiger partial charge in [0.2, 0.25) is 0 Å². The molecule has 0 amide bonds. The van der Waals surface area contributed by atoms with Crippen LogP contribution in [-0.4, -0.2) is 6.61 Å². The van der Waals surface area contributed by atoms with Crippen LogP contribution in [0.4, 0.5) is 0 Å². The van der Waals surface area contributed by atoms with E-state index in [2.05, 4.69) is 45.1 Å². The molecule has 0 aliphatic heterocycles. The highest BCUT2D eigenvalue weighted by Gasteiger charge is 1.92. The van der Waals surface area contributed by atoms with Crippen molar-refractivity contribution in [3.63, 3.8) is 0 Å². The van der Waals surface area contributed by atoms with Crippen molar-refractivity contribution in [1.29, 1.82) is 0 Å². The van der Waals surface area contributed by atoms with Crippen LogP contribution in [0.2, 0.25) is 0 Å². The van der Waals surface area contributed by atoms with Crippen LogP contribution in [0.1, 0.15) is 32.8 Å². The van der Waals surface area contributed by atoms with Gasteiger partial charge in [-0.25, -0.2) is 0 Å².